The Morgan fingerprint density at radius 1 is 1.18 bits per heavy atom. The molecule has 0 atom stereocenters. The van der Waals surface area contributed by atoms with Gasteiger partial charge in [-0.05, 0) is 61.8 Å². The standard InChI is InChI=1S/C20H26N4O3S/c1-27-15-7-5-14(6-8-15)17-13-16(19(28-17)23-20(21)26)18(25)22-9-12-24-10-3-2-4-11-24/h5-8,13H,2-4,9-12H2,1H3,(H,22,25)(H3,21,23,26). The van der Waals surface area contributed by atoms with Crippen molar-refractivity contribution < 1.29 is 14.3 Å². The van der Waals surface area contributed by atoms with E-state index < -0.39 is 6.03 Å². The summed E-state index contributed by atoms with van der Waals surface area (Å²) >= 11 is 1.32. The number of likely N-dealkylation sites (tertiary alicyclic amines) is 1. The van der Waals surface area contributed by atoms with Gasteiger partial charge in [-0.2, -0.15) is 0 Å². The van der Waals surface area contributed by atoms with Gasteiger partial charge in [0, 0.05) is 18.0 Å². The summed E-state index contributed by atoms with van der Waals surface area (Å²) in [5.74, 6) is 0.545. The predicted molar refractivity (Wildman–Crippen MR) is 112 cm³/mol. The van der Waals surface area contributed by atoms with Crippen LogP contribution >= 0.6 is 11.3 Å². The quantitative estimate of drug-likeness (QED) is 0.663. The van der Waals surface area contributed by atoms with Crippen molar-refractivity contribution >= 4 is 28.3 Å². The van der Waals surface area contributed by atoms with Crippen LogP contribution in [0.5, 0.6) is 5.75 Å². The van der Waals surface area contributed by atoms with Crippen molar-refractivity contribution in [3.05, 3.63) is 35.9 Å². The monoisotopic (exact) mass is 402 g/mol. The minimum Gasteiger partial charge on any atom is -0.497 e. The average molecular weight is 403 g/mol. The molecule has 1 aromatic heterocycles. The van der Waals surface area contributed by atoms with Crippen LogP contribution in [0, 0.1) is 0 Å². The van der Waals surface area contributed by atoms with Crippen molar-refractivity contribution in [2.75, 3.05) is 38.6 Å². The highest BCUT2D eigenvalue weighted by molar-refractivity contribution is 7.20. The number of anilines is 1. The van der Waals surface area contributed by atoms with Crippen molar-refractivity contribution in [2.45, 2.75) is 19.3 Å². The maximum atomic E-state index is 12.7. The summed E-state index contributed by atoms with van der Waals surface area (Å²) < 4.78 is 5.18. The van der Waals surface area contributed by atoms with Gasteiger partial charge < -0.3 is 20.7 Å². The van der Waals surface area contributed by atoms with Gasteiger partial charge in [0.25, 0.3) is 5.91 Å². The maximum absolute atomic E-state index is 12.7. The molecule has 3 amide bonds. The van der Waals surface area contributed by atoms with Crippen LogP contribution in [0.1, 0.15) is 29.6 Å². The van der Waals surface area contributed by atoms with Gasteiger partial charge in [0.2, 0.25) is 0 Å². The molecule has 2 aromatic rings. The number of nitrogens with one attached hydrogen (secondary N) is 2. The molecular formula is C20H26N4O3S. The Balaban J connectivity index is 1.70. The van der Waals surface area contributed by atoms with Gasteiger partial charge in [0.15, 0.2) is 0 Å². The maximum Gasteiger partial charge on any atom is 0.317 e. The van der Waals surface area contributed by atoms with Crippen molar-refractivity contribution in [1.82, 2.24) is 10.2 Å². The van der Waals surface area contributed by atoms with Crippen LogP contribution in [0.15, 0.2) is 30.3 Å². The van der Waals surface area contributed by atoms with E-state index in [9.17, 15) is 9.59 Å². The van der Waals surface area contributed by atoms with E-state index in [0.29, 0.717) is 17.1 Å². The lowest BCUT2D eigenvalue weighted by atomic mass is 10.1. The summed E-state index contributed by atoms with van der Waals surface area (Å²) in [4.78, 5) is 27.3. The number of hydrogen-bond donors (Lipinski definition) is 3. The first-order valence-corrected chi connectivity index (χ1v) is 10.2. The van der Waals surface area contributed by atoms with E-state index in [0.717, 1.165) is 35.8 Å². The Labute approximate surface area is 168 Å². The van der Waals surface area contributed by atoms with Crippen molar-refractivity contribution in [2.24, 2.45) is 5.73 Å². The molecular weight excluding hydrogens is 376 g/mol. The number of thiophene rings is 1. The largest absolute Gasteiger partial charge is 0.497 e. The molecule has 0 unspecified atom stereocenters. The summed E-state index contributed by atoms with van der Waals surface area (Å²) in [5.41, 5.74) is 6.64. The van der Waals surface area contributed by atoms with Gasteiger partial charge in [0.1, 0.15) is 10.8 Å². The van der Waals surface area contributed by atoms with E-state index in [-0.39, 0.29) is 5.91 Å². The van der Waals surface area contributed by atoms with Crippen LogP contribution in [-0.4, -0.2) is 50.1 Å². The smallest absolute Gasteiger partial charge is 0.317 e. The van der Waals surface area contributed by atoms with E-state index in [2.05, 4.69) is 15.5 Å². The number of piperidine rings is 1. The van der Waals surface area contributed by atoms with E-state index >= 15 is 0 Å². The second-order valence-corrected chi connectivity index (χ2v) is 7.78. The molecule has 0 aliphatic carbocycles. The molecule has 150 valence electrons. The van der Waals surface area contributed by atoms with Crippen LogP contribution in [0.3, 0.4) is 0 Å². The topological polar surface area (TPSA) is 96.7 Å². The van der Waals surface area contributed by atoms with Crippen LogP contribution in [0.4, 0.5) is 9.80 Å². The highest BCUT2D eigenvalue weighted by atomic mass is 32.1. The molecule has 28 heavy (non-hydrogen) atoms. The summed E-state index contributed by atoms with van der Waals surface area (Å²) in [6, 6.07) is 8.63. The van der Waals surface area contributed by atoms with E-state index in [1.54, 1.807) is 13.2 Å². The predicted octanol–water partition coefficient (Wildman–Crippen LogP) is 3.13. The SMILES string of the molecule is COc1ccc(-c2cc(C(=O)NCCN3CCCCC3)c(NC(N)=O)s2)cc1. The minimum atomic E-state index is -0.689. The van der Waals surface area contributed by atoms with Crippen LogP contribution in [-0.2, 0) is 0 Å². The molecule has 0 bridgehead atoms. The third-order valence-corrected chi connectivity index (χ3v) is 5.85. The van der Waals surface area contributed by atoms with Crippen molar-refractivity contribution in [3.63, 3.8) is 0 Å². The number of ether oxygens (including phenoxy) is 1. The molecule has 7 nitrogen and oxygen atoms in total. The molecule has 1 aliphatic heterocycles. The zero-order chi connectivity index (χ0) is 19.9. The number of methoxy groups -OCH3 is 1. The van der Waals surface area contributed by atoms with E-state index in [1.807, 2.05) is 24.3 Å². The Morgan fingerprint density at radius 2 is 1.89 bits per heavy atom. The fourth-order valence-corrected chi connectivity index (χ4v) is 4.33. The Bertz CT molecular complexity index is 813. The third-order valence-electron chi connectivity index (χ3n) is 4.75. The van der Waals surface area contributed by atoms with Crippen LogP contribution < -0.4 is 21.1 Å². The van der Waals surface area contributed by atoms with Gasteiger partial charge >= 0.3 is 6.03 Å². The number of primary amides is 1. The molecule has 2 heterocycles. The number of hydrogen-bond acceptors (Lipinski definition) is 5. The highest BCUT2D eigenvalue weighted by Gasteiger charge is 2.18. The lowest BCUT2D eigenvalue weighted by Gasteiger charge is -2.26. The molecule has 8 heteroatoms. The lowest BCUT2D eigenvalue weighted by Crippen LogP contribution is -2.37. The number of carbonyl (C=O) groups is 2. The second kappa shape index (κ2) is 9.57. The zero-order valence-corrected chi connectivity index (χ0v) is 16.8. The summed E-state index contributed by atoms with van der Waals surface area (Å²) in [6.07, 6.45) is 3.72. The Morgan fingerprint density at radius 3 is 2.54 bits per heavy atom. The highest BCUT2D eigenvalue weighted by Crippen LogP contribution is 2.36. The first-order chi connectivity index (χ1) is 13.6. The second-order valence-electron chi connectivity index (χ2n) is 6.73. The zero-order valence-electron chi connectivity index (χ0n) is 16.0. The molecule has 1 aliphatic rings. The normalized spacial score (nSPS) is 14.5. The fraction of sp³-hybridized carbons (Fsp3) is 0.400. The number of amides is 3. The van der Waals surface area contributed by atoms with Crippen molar-refractivity contribution in [1.29, 1.82) is 0 Å². The van der Waals surface area contributed by atoms with Crippen LogP contribution in [0.25, 0.3) is 10.4 Å². The number of carbonyl (C=O) groups excluding carboxylic acids is 2. The minimum absolute atomic E-state index is 0.211. The lowest BCUT2D eigenvalue weighted by molar-refractivity contribution is 0.0948. The molecule has 0 saturated carbocycles. The number of urea groups is 1. The third kappa shape index (κ3) is 5.24. The Hall–Kier alpha value is -2.58. The first-order valence-electron chi connectivity index (χ1n) is 9.42. The van der Waals surface area contributed by atoms with E-state index in [4.69, 9.17) is 10.5 Å². The van der Waals surface area contributed by atoms with Crippen molar-refractivity contribution in [3.8, 4) is 16.2 Å². The summed E-state index contributed by atoms with van der Waals surface area (Å²) in [5, 5.41) is 5.98. The first kappa shape index (κ1) is 20.2. The van der Waals surface area contributed by atoms with E-state index in [1.165, 1.54) is 30.6 Å². The number of benzene rings is 1. The molecule has 1 aromatic carbocycles. The molecule has 0 spiro atoms. The van der Waals surface area contributed by atoms with Gasteiger partial charge in [-0.3, -0.25) is 10.1 Å². The molecule has 3 rings (SSSR count). The molecule has 1 saturated heterocycles. The molecule has 0 radical (unpaired) electrons. The van der Waals surface area contributed by atoms with Gasteiger partial charge in [-0.1, -0.05) is 6.42 Å². The summed E-state index contributed by atoms with van der Waals surface area (Å²) in [7, 11) is 1.61. The average Bonchev–Trinajstić information content (AvgIpc) is 3.12. The fourth-order valence-electron chi connectivity index (χ4n) is 3.27. The number of nitrogens with zero attached hydrogens (tertiary/aromatic N) is 1. The number of rotatable bonds is 7. The van der Waals surface area contributed by atoms with Crippen LogP contribution in [0.2, 0.25) is 0 Å². The van der Waals surface area contributed by atoms with Gasteiger partial charge in [0.05, 0.1) is 12.7 Å². The summed E-state index contributed by atoms with van der Waals surface area (Å²) in [6.45, 7) is 3.58. The van der Waals surface area contributed by atoms with Gasteiger partial charge in [-0.25, -0.2) is 4.79 Å². The number of nitrogens with two attached hydrogens (primary N) is 1. The molecule has 1 fully saturated rings. The van der Waals surface area contributed by atoms with Gasteiger partial charge in [-0.15, -0.1) is 11.3 Å². The Kier molecular flexibility index (Phi) is 6.89. The molecule has 4 N–H and O–H groups in total.